The molecule has 0 atom stereocenters. The van der Waals surface area contributed by atoms with Crippen molar-refractivity contribution in [3.63, 3.8) is 0 Å². The zero-order valence-electron chi connectivity index (χ0n) is 21.9. The molecule has 0 saturated carbocycles. The Morgan fingerprint density at radius 2 is 1.71 bits per heavy atom. The van der Waals surface area contributed by atoms with Gasteiger partial charge in [-0.05, 0) is 72.0 Å². The van der Waals surface area contributed by atoms with E-state index in [-0.39, 0.29) is 5.57 Å². The van der Waals surface area contributed by atoms with Crippen LogP contribution in [0.5, 0.6) is 0 Å². The number of amides is 1. The zero-order chi connectivity index (χ0) is 26.6. The molecule has 8 heteroatoms. The number of ether oxygens (including phenoxy) is 3. The van der Waals surface area contributed by atoms with E-state index >= 15 is 0 Å². The summed E-state index contributed by atoms with van der Waals surface area (Å²) < 4.78 is 15.7. The van der Waals surface area contributed by atoms with Crippen molar-refractivity contribution in [2.45, 2.75) is 19.3 Å². The normalized spacial score (nSPS) is 14.0. The number of nitrogens with zero attached hydrogens (tertiary/aromatic N) is 2. The molecule has 0 bridgehead atoms. The number of carbonyl (C=O) groups is 1. The SMILES string of the molecule is COCCOCCOCCNC(=O)C(C#N)=Cc1ccc(-c2ccc3cc(N4CCCCC4)ccc3c2)s1. The molecule has 3 aromatic rings. The Kier molecular flexibility index (Phi) is 10.7. The molecule has 4 rings (SSSR count). The molecule has 38 heavy (non-hydrogen) atoms. The molecule has 1 fully saturated rings. The standard InChI is InChI=1S/C30H35N3O4S/c1-35-15-16-37-18-17-36-14-11-32-30(34)26(22-31)21-28-9-10-29(38-28)25-6-5-24-20-27(8-7-23(24)19-25)33-12-3-2-4-13-33/h5-10,19-21H,2-4,11-18H2,1H3,(H,32,34). The van der Waals surface area contributed by atoms with Gasteiger partial charge in [0.05, 0.1) is 33.0 Å². The summed E-state index contributed by atoms with van der Waals surface area (Å²) in [4.78, 5) is 16.9. The fourth-order valence-electron chi connectivity index (χ4n) is 4.41. The molecule has 1 N–H and O–H groups in total. The van der Waals surface area contributed by atoms with Crippen LogP contribution in [0.25, 0.3) is 27.3 Å². The summed E-state index contributed by atoms with van der Waals surface area (Å²) in [5.41, 5.74) is 2.50. The highest BCUT2D eigenvalue weighted by Crippen LogP contribution is 2.33. The summed E-state index contributed by atoms with van der Waals surface area (Å²) in [6, 6.07) is 19.2. The van der Waals surface area contributed by atoms with Gasteiger partial charge in [0, 0.05) is 42.2 Å². The Bertz CT molecular complexity index is 1270. The third kappa shape index (κ3) is 7.89. The molecular formula is C30H35N3O4S. The summed E-state index contributed by atoms with van der Waals surface area (Å²) in [5.74, 6) is -0.405. The topological polar surface area (TPSA) is 83.8 Å². The second-order valence-corrected chi connectivity index (χ2v) is 10.3. The lowest BCUT2D eigenvalue weighted by Crippen LogP contribution is -2.29. The Morgan fingerprint density at radius 1 is 0.974 bits per heavy atom. The van der Waals surface area contributed by atoms with Gasteiger partial charge >= 0.3 is 0 Å². The van der Waals surface area contributed by atoms with Crippen LogP contribution in [-0.2, 0) is 19.0 Å². The van der Waals surface area contributed by atoms with E-state index in [1.165, 1.54) is 35.7 Å². The Labute approximate surface area is 228 Å². The van der Waals surface area contributed by atoms with Gasteiger partial charge in [-0.15, -0.1) is 11.3 Å². The van der Waals surface area contributed by atoms with Crippen LogP contribution in [0.4, 0.5) is 5.69 Å². The van der Waals surface area contributed by atoms with E-state index in [1.807, 2.05) is 18.2 Å². The van der Waals surface area contributed by atoms with Gasteiger partial charge in [0.25, 0.3) is 5.91 Å². The van der Waals surface area contributed by atoms with Gasteiger partial charge in [-0.2, -0.15) is 5.26 Å². The van der Waals surface area contributed by atoms with Crippen molar-refractivity contribution < 1.29 is 19.0 Å². The predicted octanol–water partition coefficient (Wildman–Crippen LogP) is 5.26. The van der Waals surface area contributed by atoms with E-state index in [0.29, 0.717) is 39.6 Å². The Morgan fingerprint density at radius 3 is 2.50 bits per heavy atom. The van der Waals surface area contributed by atoms with Gasteiger partial charge in [-0.25, -0.2) is 0 Å². The van der Waals surface area contributed by atoms with Crippen molar-refractivity contribution in [3.05, 3.63) is 59.0 Å². The van der Waals surface area contributed by atoms with Crippen LogP contribution in [0.2, 0.25) is 0 Å². The van der Waals surface area contributed by atoms with Crippen molar-refractivity contribution in [2.75, 3.05) is 64.7 Å². The van der Waals surface area contributed by atoms with Gasteiger partial charge in [-0.1, -0.05) is 18.2 Å². The molecule has 7 nitrogen and oxygen atoms in total. The molecule has 200 valence electrons. The monoisotopic (exact) mass is 533 g/mol. The second kappa shape index (κ2) is 14.6. The van der Waals surface area contributed by atoms with Crippen LogP contribution in [-0.4, -0.2) is 65.7 Å². The number of fused-ring (bicyclic) bond motifs is 1. The van der Waals surface area contributed by atoms with E-state index < -0.39 is 5.91 Å². The van der Waals surface area contributed by atoms with Crippen molar-refractivity contribution in [3.8, 4) is 16.5 Å². The van der Waals surface area contributed by atoms with Crippen molar-refractivity contribution in [2.24, 2.45) is 0 Å². The van der Waals surface area contributed by atoms with Crippen molar-refractivity contribution in [1.29, 1.82) is 5.26 Å². The number of nitriles is 1. The number of anilines is 1. The zero-order valence-corrected chi connectivity index (χ0v) is 22.7. The van der Waals surface area contributed by atoms with Crippen molar-refractivity contribution in [1.82, 2.24) is 5.32 Å². The Balaban J connectivity index is 1.32. The van der Waals surface area contributed by atoms with Crippen LogP contribution >= 0.6 is 11.3 Å². The van der Waals surface area contributed by atoms with Crippen LogP contribution in [0.15, 0.2) is 54.1 Å². The molecule has 1 saturated heterocycles. The number of nitrogens with one attached hydrogen (secondary N) is 1. The molecule has 1 aromatic heterocycles. The highest BCUT2D eigenvalue weighted by Gasteiger charge is 2.13. The first kappa shape index (κ1) is 27.8. The second-order valence-electron chi connectivity index (χ2n) is 9.14. The maximum atomic E-state index is 12.5. The summed E-state index contributed by atoms with van der Waals surface area (Å²) in [6.07, 6.45) is 5.50. The average molecular weight is 534 g/mol. The van der Waals surface area contributed by atoms with Crippen LogP contribution in [0, 0.1) is 11.3 Å². The minimum atomic E-state index is -0.405. The molecule has 1 amide bonds. The third-order valence-electron chi connectivity index (χ3n) is 6.44. The number of thiophene rings is 1. The predicted molar refractivity (Wildman–Crippen MR) is 153 cm³/mol. The summed E-state index contributed by atoms with van der Waals surface area (Å²) in [5, 5.41) is 14.7. The molecule has 2 aromatic carbocycles. The molecule has 0 radical (unpaired) electrons. The maximum Gasteiger partial charge on any atom is 0.262 e. The van der Waals surface area contributed by atoms with Gasteiger partial charge in [-0.3, -0.25) is 4.79 Å². The molecule has 1 aliphatic rings. The van der Waals surface area contributed by atoms with Crippen molar-refractivity contribution >= 4 is 39.8 Å². The number of benzene rings is 2. The van der Waals surface area contributed by atoms with Crippen LogP contribution in [0.1, 0.15) is 24.1 Å². The lowest BCUT2D eigenvalue weighted by Gasteiger charge is -2.29. The molecule has 0 spiro atoms. The summed E-state index contributed by atoms with van der Waals surface area (Å²) in [6.45, 7) is 4.92. The van der Waals surface area contributed by atoms with Gasteiger partial charge in [0.1, 0.15) is 11.6 Å². The molecule has 0 unspecified atom stereocenters. The molecule has 1 aliphatic heterocycles. The number of methoxy groups -OCH3 is 1. The molecule has 2 heterocycles. The van der Waals surface area contributed by atoms with E-state index in [4.69, 9.17) is 14.2 Å². The van der Waals surface area contributed by atoms with Crippen LogP contribution < -0.4 is 10.2 Å². The third-order valence-corrected chi connectivity index (χ3v) is 7.53. The molecule has 0 aliphatic carbocycles. The van der Waals surface area contributed by atoms with Gasteiger partial charge in [0.2, 0.25) is 0 Å². The molecular weight excluding hydrogens is 498 g/mol. The highest BCUT2D eigenvalue weighted by molar-refractivity contribution is 7.16. The fourth-order valence-corrected chi connectivity index (χ4v) is 5.36. The lowest BCUT2D eigenvalue weighted by atomic mass is 10.0. The minimum Gasteiger partial charge on any atom is -0.382 e. The van der Waals surface area contributed by atoms with E-state index in [1.54, 1.807) is 24.5 Å². The first-order valence-corrected chi connectivity index (χ1v) is 13.9. The van der Waals surface area contributed by atoms with E-state index in [2.05, 4.69) is 46.6 Å². The van der Waals surface area contributed by atoms with E-state index in [9.17, 15) is 10.1 Å². The average Bonchev–Trinajstić information content (AvgIpc) is 3.43. The maximum absolute atomic E-state index is 12.5. The number of rotatable bonds is 13. The number of carbonyl (C=O) groups excluding carboxylic acids is 1. The smallest absolute Gasteiger partial charge is 0.262 e. The summed E-state index contributed by atoms with van der Waals surface area (Å²) in [7, 11) is 1.62. The lowest BCUT2D eigenvalue weighted by molar-refractivity contribution is -0.117. The highest BCUT2D eigenvalue weighted by atomic mass is 32.1. The van der Waals surface area contributed by atoms with Crippen LogP contribution in [0.3, 0.4) is 0 Å². The first-order chi connectivity index (χ1) is 18.7. The number of piperidine rings is 1. The quantitative estimate of drug-likeness (QED) is 0.183. The van der Waals surface area contributed by atoms with E-state index in [0.717, 1.165) is 28.4 Å². The Hall–Kier alpha value is -3.22. The number of hydrogen-bond acceptors (Lipinski definition) is 7. The summed E-state index contributed by atoms with van der Waals surface area (Å²) >= 11 is 1.56. The largest absolute Gasteiger partial charge is 0.382 e. The fraction of sp³-hybridized carbons (Fsp3) is 0.400. The minimum absolute atomic E-state index is 0.0741. The van der Waals surface area contributed by atoms with Gasteiger partial charge in [0.15, 0.2) is 0 Å². The van der Waals surface area contributed by atoms with Gasteiger partial charge < -0.3 is 24.4 Å². The first-order valence-electron chi connectivity index (χ1n) is 13.1. The number of hydrogen-bond donors (Lipinski definition) is 1.